The molecule has 4 nitrogen and oxygen atoms in total. The summed E-state index contributed by atoms with van der Waals surface area (Å²) in [5, 5.41) is 3.38. The van der Waals surface area contributed by atoms with Gasteiger partial charge in [-0.05, 0) is 55.5 Å². The summed E-state index contributed by atoms with van der Waals surface area (Å²) < 4.78 is 28.6. The predicted octanol–water partition coefficient (Wildman–Crippen LogP) is 1.90. The third-order valence-electron chi connectivity index (χ3n) is 4.25. The van der Waals surface area contributed by atoms with Crippen LogP contribution in [0.3, 0.4) is 0 Å². The fourth-order valence-corrected chi connectivity index (χ4v) is 4.91. The summed E-state index contributed by atoms with van der Waals surface area (Å²) in [6, 6.07) is 8.07. The SMILES string of the molecule is CCNCC(Cc1ccc(OC)cc1)C1CCS(=O)(=O)C1. The molecule has 2 unspecified atom stereocenters. The molecule has 118 valence electrons. The van der Waals surface area contributed by atoms with E-state index >= 15 is 0 Å². The van der Waals surface area contributed by atoms with E-state index in [0.717, 1.165) is 31.7 Å². The van der Waals surface area contributed by atoms with Crippen molar-refractivity contribution in [3.05, 3.63) is 29.8 Å². The Morgan fingerprint density at radius 3 is 2.57 bits per heavy atom. The molecular formula is C16H25NO3S. The van der Waals surface area contributed by atoms with Crippen LogP contribution in [-0.4, -0.2) is 40.1 Å². The van der Waals surface area contributed by atoms with Crippen molar-refractivity contribution in [2.45, 2.75) is 19.8 Å². The van der Waals surface area contributed by atoms with Crippen LogP contribution >= 0.6 is 0 Å². The van der Waals surface area contributed by atoms with Crippen LogP contribution in [-0.2, 0) is 16.3 Å². The summed E-state index contributed by atoms with van der Waals surface area (Å²) in [6.45, 7) is 3.87. The summed E-state index contributed by atoms with van der Waals surface area (Å²) in [7, 11) is -1.16. The number of methoxy groups -OCH3 is 1. The second kappa shape index (κ2) is 7.27. The van der Waals surface area contributed by atoms with E-state index < -0.39 is 9.84 Å². The minimum absolute atomic E-state index is 0.274. The number of sulfone groups is 1. The van der Waals surface area contributed by atoms with Crippen LogP contribution in [0.2, 0.25) is 0 Å². The lowest BCUT2D eigenvalue weighted by Crippen LogP contribution is -2.30. The highest BCUT2D eigenvalue weighted by molar-refractivity contribution is 7.91. The molecule has 0 bridgehead atoms. The summed E-state index contributed by atoms with van der Waals surface area (Å²) in [6.07, 6.45) is 1.71. The van der Waals surface area contributed by atoms with E-state index in [9.17, 15) is 8.42 Å². The van der Waals surface area contributed by atoms with Gasteiger partial charge in [-0.1, -0.05) is 19.1 Å². The fraction of sp³-hybridized carbons (Fsp3) is 0.625. The molecule has 0 amide bonds. The Balaban J connectivity index is 2.05. The van der Waals surface area contributed by atoms with Gasteiger partial charge < -0.3 is 10.1 Å². The zero-order chi connectivity index (χ0) is 15.3. The quantitative estimate of drug-likeness (QED) is 0.835. The molecular weight excluding hydrogens is 286 g/mol. The van der Waals surface area contributed by atoms with Gasteiger partial charge in [0, 0.05) is 0 Å². The second-order valence-corrected chi connectivity index (χ2v) is 8.01. The summed E-state index contributed by atoms with van der Waals surface area (Å²) >= 11 is 0. The van der Waals surface area contributed by atoms with E-state index in [1.54, 1.807) is 7.11 Å². The molecule has 1 fully saturated rings. The van der Waals surface area contributed by atoms with Crippen LogP contribution in [0.4, 0.5) is 0 Å². The topological polar surface area (TPSA) is 55.4 Å². The standard InChI is InChI=1S/C16H25NO3S/c1-3-17-11-15(14-8-9-21(18,19)12-14)10-13-4-6-16(20-2)7-5-13/h4-7,14-15,17H,3,8-12H2,1-2H3. The Morgan fingerprint density at radius 2 is 2.05 bits per heavy atom. The van der Waals surface area contributed by atoms with E-state index in [2.05, 4.69) is 24.4 Å². The van der Waals surface area contributed by atoms with E-state index in [1.165, 1.54) is 5.56 Å². The highest BCUT2D eigenvalue weighted by atomic mass is 32.2. The van der Waals surface area contributed by atoms with Crippen molar-refractivity contribution < 1.29 is 13.2 Å². The third kappa shape index (κ3) is 4.71. The molecule has 1 aliphatic rings. The lowest BCUT2D eigenvalue weighted by molar-refractivity contribution is 0.346. The molecule has 1 N–H and O–H groups in total. The van der Waals surface area contributed by atoms with Gasteiger partial charge in [0.25, 0.3) is 0 Å². The van der Waals surface area contributed by atoms with Gasteiger partial charge in [0.2, 0.25) is 0 Å². The molecule has 0 saturated carbocycles. The van der Waals surface area contributed by atoms with Crippen molar-refractivity contribution in [1.29, 1.82) is 0 Å². The average Bonchev–Trinajstić information content (AvgIpc) is 2.84. The van der Waals surface area contributed by atoms with Gasteiger partial charge in [0.1, 0.15) is 5.75 Å². The molecule has 1 saturated heterocycles. The van der Waals surface area contributed by atoms with Gasteiger partial charge >= 0.3 is 0 Å². The van der Waals surface area contributed by atoms with Crippen molar-refractivity contribution in [3.63, 3.8) is 0 Å². The van der Waals surface area contributed by atoms with Crippen molar-refractivity contribution in [2.24, 2.45) is 11.8 Å². The molecule has 2 rings (SSSR count). The van der Waals surface area contributed by atoms with E-state index in [0.29, 0.717) is 17.4 Å². The van der Waals surface area contributed by atoms with E-state index in [-0.39, 0.29) is 5.92 Å². The van der Waals surface area contributed by atoms with Gasteiger partial charge in [-0.15, -0.1) is 0 Å². The molecule has 1 aliphatic heterocycles. The molecule has 0 spiro atoms. The van der Waals surface area contributed by atoms with Crippen molar-refractivity contribution in [2.75, 3.05) is 31.7 Å². The van der Waals surface area contributed by atoms with Gasteiger partial charge in [0.15, 0.2) is 9.84 Å². The number of nitrogens with one attached hydrogen (secondary N) is 1. The van der Waals surface area contributed by atoms with E-state index in [1.807, 2.05) is 12.1 Å². The first-order valence-corrected chi connectivity index (χ1v) is 9.40. The molecule has 1 aromatic carbocycles. The molecule has 0 aromatic heterocycles. The number of hydrogen-bond donors (Lipinski definition) is 1. The van der Waals surface area contributed by atoms with Crippen LogP contribution < -0.4 is 10.1 Å². The van der Waals surface area contributed by atoms with Crippen molar-refractivity contribution >= 4 is 9.84 Å². The molecule has 21 heavy (non-hydrogen) atoms. The Labute approximate surface area is 127 Å². The second-order valence-electron chi connectivity index (χ2n) is 5.78. The molecule has 2 atom stereocenters. The van der Waals surface area contributed by atoms with Crippen LogP contribution in [0.1, 0.15) is 18.9 Å². The normalized spacial score (nSPS) is 22.1. The minimum atomic E-state index is -2.82. The summed E-state index contributed by atoms with van der Waals surface area (Å²) in [5.41, 5.74) is 1.24. The van der Waals surface area contributed by atoms with Gasteiger partial charge in [-0.3, -0.25) is 0 Å². The van der Waals surface area contributed by atoms with Gasteiger partial charge in [-0.25, -0.2) is 8.42 Å². The number of rotatable bonds is 7. The first-order chi connectivity index (χ1) is 10.0. The number of benzene rings is 1. The zero-order valence-corrected chi connectivity index (χ0v) is 13.7. The Hall–Kier alpha value is -1.07. The van der Waals surface area contributed by atoms with Crippen LogP contribution in [0, 0.1) is 11.8 Å². The van der Waals surface area contributed by atoms with Gasteiger partial charge in [-0.2, -0.15) is 0 Å². The van der Waals surface area contributed by atoms with Crippen LogP contribution in [0.15, 0.2) is 24.3 Å². The maximum Gasteiger partial charge on any atom is 0.150 e. The maximum absolute atomic E-state index is 11.7. The largest absolute Gasteiger partial charge is 0.497 e. The Bertz CT molecular complexity index is 539. The summed E-state index contributed by atoms with van der Waals surface area (Å²) in [5.74, 6) is 2.19. The molecule has 1 aromatic rings. The van der Waals surface area contributed by atoms with Crippen LogP contribution in [0.5, 0.6) is 5.75 Å². The zero-order valence-electron chi connectivity index (χ0n) is 12.8. The Morgan fingerprint density at radius 1 is 1.33 bits per heavy atom. The lowest BCUT2D eigenvalue weighted by atomic mass is 9.86. The van der Waals surface area contributed by atoms with E-state index in [4.69, 9.17) is 4.74 Å². The van der Waals surface area contributed by atoms with Gasteiger partial charge in [0.05, 0.1) is 18.6 Å². The van der Waals surface area contributed by atoms with Crippen LogP contribution in [0.25, 0.3) is 0 Å². The minimum Gasteiger partial charge on any atom is -0.497 e. The first-order valence-electron chi connectivity index (χ1n) is 7.58. The Kier molecular flexibility index (Phi) is 5.65. The molecule has 1 heterocycles. The maximum atomic E-state index is 11.7. The average molecular weight is 311 g/mol. The highest BCUT2D eigenvalue weighted by Gasteiger charge is 2.33. The summed E-state index contributed by atoms with van der Waals surface area (Å²) in [4.78, 5) is 0. The monoisotopic (exact) mass is 311 g/mol. The molecule has 0 aliphatic carbocycles. The predicted molar refractivity (Wildman–Crippen MR) is 85.5 cm³/mol. The highest BCUT2D eigenvalue weighted by Crippen LogP contribution is 2.28. The third-order valence-corrected chi connectivity index (χ3v) is 6.04. The number of hydrogen-bond acceptors (Lipinski definition) is 4. The molecule has 5 heteroatoms. The number of ether oxygens (including phenoxy) is 1. The first kappa shape index (κ1) is 16.3. The lowest BCUT2D eigenvalue weighted by Gasteiger charge is -2.23. The van der Waals surface area contributed by atoms with Crippen molar-refractivity contribution in [3.8, 4) is 5.75 Å². The van der Waals surface area contributed by atoms with Crippen molar-refractivity contribution in [1.82, 2.24) is 5.32 Å². The smallest absolute Gasteiger partial charge is 0.150 e. The fourth-order valence-electron chi connectivity index (χ4n) is 3.00. The molecule has 0 radical (unpaired) electrons.